The van der Waals surface area contributed by atoms with E-state index >= 15 is 0 Å². The second kappa shape index (κ2) is 3.64. The summed E-state index contributed by atoms with van der Waals surface area (Å²) in [4.78, 5) is 0. The molecule has 0 spiro atoms. The minimum atomic E-state index is -1.63. The standard InChI is InChI=1S/C6F4I2/c7-1-2(8)5(11)4(10)6(12)3(1)9. The molecule has 0 unspecified atom stereocenters. The zero-order chi connectivity index (χ0) is 9.46. The Kier molecular flexibility index (Phi) is 3.18. The first-order valence-corrected chi connectivity index (χ1v) is 4.79. The lowest BCUT2D eigenvalue weighted by Gasteiger charge is -2.02. The van der Waals surface area contributed by atoms with E-state index in [0.717, 1.165) is 0 Å². The normalized spacial score (nSPS) is 10.5. The number of hydrogen-bond acceptors (Lipinski definition) is 0. The minimum Gasteiger partial charge on any atom is -0.204 e. The number of hydrogen-bond donors (Lipinski definition) is 0. The van der Waals surface area contributed by atoms with Crippen LogP contribution in [0.2, 0.25) is 0 Å². The fourth-order valence-electron chi connectivity index (χ4n) is 0.578. The molecule has 0 heterocycles. The van der Waals surface area contributed by atoms with Crippen LogP contribution < -0.4 is 0 Å². The SMILES string of the molecule is Fc1c(F)c(I)c(F)c(I)c1F. The van der Waals surface area contributed by atoms with Gasteiger partial charge < -0.3 is 0 Å². The molecule has 0 aromatic heterocycles. The van der Waals surface area contributed by atoms with Gasteiger partial charge in [0.1, 0.15) is 0 Å². The average molecular weight is 402 g/mol. The highest BCUT2D eigenvalue weighted by Crippen LogP contribution is 2.26. The van der Waals surface area contributed by atoms with Crippen molar-refractivity contribution >= 4 is 45.2 Å². The minimum absolute atomic E-state index is 0.532. The first kappa shape index (κ1) is 10.5. The summed E-state index contributed by atoms with van der Waals surface area (Å²) in [5.41, 5.74) is 0. The van der Waals surface area contributed by atoms with Crippen molar-refractivity contribution in [2.24, 2.45) is 0 Å². The predicted molar refractivity (Wildman–Crippen MR) is 51.7 cm³/mol. The van der Waals surface area contributed by atoms with Crippen molar-refractivity contribution in [2.45, 2.75) is 0 Å². The van der Waals surface area contributed by atoms with Gasteiger partial charge in [-0.05, 0) is 45.2 Å². The molecule has 1 rings (SSSR count). The van der Waals surface area contributed by atoms with Gasteiger partial charge in [-0.3, -0.25) is 0 Å². The molecule has 0 fully saturated rings. The molecule has 6 heteroatoms. The largest absolute Gasteiger partial charge is 0.204 e. The predicted octanol–water partition coefficient (Wildman–Crippen LogP) is 3.45. The highest BCUT2D eigenvalue weighted by atomic mass is 127. The van der Waals surface area contributed by atoms with E-state index in [1.807, 2.05) is 0 Å². The lowest BCUT2D eigenvalue weighted by Crippen LogP contribution is -2.02. The van der Waals surface area contributed by atoms with Crippen LogP contribution in [0.5, 0.6) is 0 Å². The Bertz CT molecular complexity index is 232. The molecule has 0 amide bonds. The lowest BCUT2D eigenvalue weighted by atomic mass is 10.3. The monoisotopic (exact) mass is 402 g/mol. The molecule has 0 aliphatic heterocycles. The van der Waals surface area contributed by atoms with Crippen LogP contribution in [0.25, 0.3) is 0 Å². The summed E-state index contributed by atoms with van der Waals surface area (Å²) in [7, 11) is 0. The van der Waals surface area contributed by atoms with E-state index in [9.17, 15) is 17.6 Å². The van der Waals surface area contributed by atoms with Crippen molar-refractivity contribution in [3.63, 3.8) is 0 Å². The van der Waals surface area contributed by atoms with Gasteiger partial charge in [0, 0.05) is 0 Å². The summed E-state index contributed by atoms with van der Waals surface area (Å²) in [5, 5.41) is 0. The van der Waals surface area contributed by atoms with E-state index < -0.39 is 30.4 Å². The second-order valence-corrected chi connectivity index (χ2v) is 4.04. The highest BCUT2D eigenvalue weighted by molar-refractivity contribution is 14.1. The molecule has 0 aliphatic carbocycles. The van der Waals surface area contributed by atoms with Crippen LogP contribution in [-0.2, 0) is 0 Å². The van der Waals surface area contributed by atoms with Crippen molar-refractivity contribution in [2.75, 3.05) is 0 Å². The quantitative estimate of drug-likeness (QED) is 0.270. The van der Waals surface area contributed by atoms with Gasteiger partial charge in [-0.25, -0.2) is 17.6 Å². The van der Waals surface area contributed by atoms with Gasteiger partial charge in [0.05, 0.1) is 7.14 Å². The third kappa shape index (κ3) is 1.54. The van der Waals surface area contributed by atoms with Crippen LogP contribution in [-0.4, -0.2) is 0 Å². The van der Waals surface area contributed by atoms with Crippen molar-refractivity contribution < 1.29 is 17.6 Å². The molecule has 0 aliphatic rings. The Morgan fingerprint density at radius 1 is 0.583 bits per heavy atom. The topological polar surface area (TPSA) is 0 Å². The summed E-state index contributed by atoms with van der Waals surface area (Å²) < 4.78 is 49.3. The molecule has 0 saturated heterocycles. The fraction of sp³-hybridized carbons (Fsp3) is 0. The summed E-state index contributed by atoms with van der Waals surface area (Å²) in [5.74, 6) is -5.66. The van der Waals surface area contributed by atoms with Gasteiger partial charge in [-0.15, -0.1) is 0 Å². The third-order valence-corrected chi connectivity index (χ3v) is 3.05. The Morgan fingerprint density at radius 3 is 1.25 bits per heavy atom. The molecule has 0 nitrogen and oxygen atoms in total. The van der Waals surface area contributed by atoms with Gasteiger partial charge in [0.2, 0.25) is 0 Å². The van der Waals surface area contributed by atoms with Gasteiger partial charge in [0.25, 0.3) is 0 Å². The van der Waals surface area contributed by atoms with E-state index in [2.05, 4.69) is 0 Å². The van der Waals surface area contributed by atoms with Crippen LogP contribution in [0, 0.1) is 30.4 Å². The maximum Gasteiger partial charge on any atom is 0.196 e. The molecule has 0 bridgehead atoms. The van der Waals surface area contributed by atoms with Gasteiger partial charge in [-0.1, -0.05) is 0 Å². The lowest BCUT2D eigenvalue weighted by molar-refractivity contribution is 0.423. The number of benzene rings is 1. The van der Waals surface area contributed by atoms with E-state index in [4.69, 9.17) is 0 Å². The molecular formula is C6F4I2. The zero-order valence-electron chi connectivity index (χ0n) is 5.27. The summed E-state index contributed by atoms with van der Waals surface area (Å²) in [6.07, 6.45) is 0. The second-order valence-electron chi connectivity index (χ2n) is 1.88. The molecule has 0 saturated carbocycles. The van der Waals surface area contributed by atoms with Crippen molar-refractivity contribution in [1.82, 2.24) is 0 Å². The third-order valence-electron chi connectivity index (χ3n) is 1.16. The first-order valence-electron chi connectivity index (χ1n) is 2.63. The van der Waals surface area contributed by atoms with Crippen LogP contribution in [0.3, 0.4) is 0 Å². The Morgan fingerprint density at radius 2 is 0.917 bits per heavy atom. The Hall–Kier alpha value is 0.400. The Balaban J connectivity index is 3.60. The van der Waals surface area contributed by atoms with Crippen LogP contribution in [0.4, 0.5) is 17.6 Å². The first-order chi connectivity index (χ1) is 5.46. The zero-order valence-corrected chi connectivity index (χ0v) is 9.58. The molecule has 1 aromatic carbocycles. The van der Waals surface area contributed by atoms with Crippen molar-refractivity contribution in [3.05, 3.63) is 30.4 Å². The molecule has 1 aromatic rings. The summed E-state index contributed by atoms with van der Waals surface area (Å²) >= 11 is 2.55. The van der Waals surface area contributed by atoms with Gasteiger partial charge in [-0.2, -0.15) is 0 Å². The number of halogens is 6. The maximum atomic E-state index is 12.8. The summed E-state index contributed by atoms with van der Waals surface area (Å²) in [6.45, 7) is 0. The maximum absolute atomic E-state index is 12.8. The van der Waals surface area contributed by atoms with E-state index in [1.165, 1.54) is 45.2 Å². The summed E-state index contributed by atoms with van der Waals surface area (Å²) in [6, 6.07) is 0. The smallest absolute Gasteiger partial charge is 0.196 e. The molecule has 12 heavy (non-hydrogen) atoms. The molecule has 0 N–H and O–H groups in total. The van der Waals surface area contributed by atoms with E-state index in [0.29, 0.717) is 0 Å². The fourth-order valence-corrected chi connectivity index (χ4v) is 2.11. The molecule has 0 atom stereocenters. The van der Waals surface area contributed by atoms with E-state index in [1.54, 1.807) is 0 Å². The van der Waals surface area contributed by atoms with E-state index in [-0.39, 0.29) is 0 Å². The van der Waals surface area contributed by atoms with Crippen LogP contribution in [0.1, 0.15) is 0 Å². The van der Waals surface area contributed by atoms with Crippen LogP contribution >= 0.6 is 45.2 Å². The van der Waals surface area contributed by atoms with Gasteiger partial charge in [0.15, 0.2) is 23.3 Å². The molecule has 66 valence electrons. The average Bonchev–Trinajstić information content (AvgIpc) is 2.08. The molecule has 0 radical (unpaired) electrons. The number of rotatable bonds is 0. The van der Waals surface area contributed by atoms with Crippen LogP contribution in [0.15, 0.2) is 0 Å². The van der Waals surface area contributed by atoms with Crippen molar-refractivity contribution in [1.29, 1.82) is 0 Å². The molecular weight excluding hydrogens is 402 g/mol. The Labute approximate surface area is 92.6 Å². The van der Waals surface area contributed by atoms with Gasteiger partial charge >= 0.3 is 0 Å². The van der Waals surface area contributed by atoms with Crippen molar-refractivity contribution in [3.8, 4) is 0 Å². The highest BCUT2D eigenvalue weighted by Gasteiger charge is 2.21.